The molecule has 0 aromatic carbocycles. The lowest BCUT2D eigenvalue weighted by Crippen LogP contribution is -2.52. The van der Waals surface area contributed by atoms with E-state index in [1.54, 1.807) is 8.61 Å². The molecule has 4 fully saturated rings. The van der Waals surface area contributed by atoms with Gasteiger partial charge >= 0.3 is 0 Å². The molecule has 166 valence electrons. The maximum Gasteiger partial charge on any atom is 0.211 e. The topological polar surface area (TPSA) is 74.8 Å². The summed E-state index contributed by atoms with van der Waals surface area (Å²) < 4.78 is 49.7. The van der Waals surface area contributed by atoms with E-state index < -0.39 is 20.0 Å². The van der Waals surface area contributed by atoms with Crippen molar-refractivity contribution in [3.8, 4) is 0 Å². The molecule has 4 saturated heterocycles. The highest BCUT2D eigenvalue weighted by Gasteiger charge is 2.40. The van der Waals surface area contributed by atoms with E-state index in [-0.39, 0.29) is 24.3 Å². The lowest BCUT2D eigenvalue weighted by atomic mass is 9.87. The van der Waals surface area contributed by atoms with Crippen LogP contribution in [-0.2, 0) is 20.0 Å². The van der Waals surface area contributed by atoms with E-state index in [2.05, 4.69) is 0 Å². The van der Waals surface area contributed by atoms with Crippen LogP contribution in [0.25, 0.3) is 0 Å². The van der Waals surface area contributed by atoms with E-state index in [9.17, 15) is 16.8 Å². The van der Waals surface area contributed by atoms with E-state index >= 15 is 0 Å². The predicted octanol–water partition coefficient (Wildman–Crippen LogP) is 2.58. The Kier molecular flexibility index (Phi) is 11.5. The molecule has 4 aliphatic rings. The Morgan fingerprint density at radius 1 is 0.517 bits per heavy atom. The first-order valence-electron chi connectivity index (χ1n) is 10.1. The molecule has 0 saturated carbocycles. The van der Waals surface area contributed by atoms with Gasteiger partial charge in [-0.1, -0.05) is 33.1 Å². The summed E-state index contributed by atoms with van der Waals surface area (Å²) in [7, 11) is -5.90. The SMILES string of the molecule is C.CS(=O)(=O)N1C2CCCC1CCC2.CS(=O)(=O)N1C2CCCC1CCC2.[B].[B]. The average Bonchev–Trinajstić information content (AvgIpc) is 2.52. The lowest BCUT2D eigenvalue weighted by Gasteiger charge is -2.44. The Morgan fingerprint density at radius 3 is 0.793 bits per heavy atom. The fourth-order valence-corrected chi connectivity index (χ4v) is 8.64. The van der Waals surface area contributed by atoms with Crippen LogP contribution in [-0.4, -0.2) is 79.0 Å². The predicted molar refractivity (Wildman–Crippen MR) is 122 cm³/mol. The van der Waals surface area contributed by atoms with Gasteiger partial charge in [-0.25, -0.2) is 16.8 Å². The highest BCUT2D eigenvalue weighted by atomic mass is 32.2. The molecule has 4 rings (SSSR count). The van der Waals surface area contributed by atoms with Gasteiger partial charge in [0, 0.05) is 41.0 Å². The summed E-state index contributed by atoms with van der Waals surface area (Å²) in [5.41, 5.74) is 0. The van der Waals surface area contributed by atoms with Crippen molar-refractivity contribution < 1.29 is 16.8 Å². The first-order valence-corrected chi connectivity index (χ1v) is 13.8. The molecule has 0 atom stereocenters. The van der Waals surface area contributed by atoms with Crippen LogP contribution in [0.2, 0.25) is 0 Å². The molecule has 4 bridgehead atoms. The van der Waals surface area contributed by atoms with Gasteiger partial charge in [-0.3, -0.25) is 0 Å². The lowest BCUT2D eigenvalue weighted by molar-refractivity contribution is 0.124. The van der Waals surface area contributed by atoms with Crippen LogP contribution in [0.5, 0.6) is 0 Å². The maximum absolute atomic E-state index is 11.5. The number of hydrogen-bond acceptors (Lipinski definition) is 4. The molecule has 0 unspecified atom stereocenters. The fourth-order valence-electron chi connectivity index (χ4n) is 5.63. The third kappa shape index (κ3) is 6.97. The fraction of sp³-hybridized carbons (Fsp3) is 1.00. The normalized spacial score (nSPS) is 32.3. The minimum absolute atomic E-state index is 0. The molecule has 4 heterocycles. The van der Waals surface area contributed by atoms with Crippen molar-refractivity contribution in [3.63, 3.8) is 0 Å². The number of nitrogens with zero attached hydrogens (tertiary/aromatic N) is 2. The van der Waals surface area contributed by atoms with Crippen molar-refractivity contribution in [2.75, 3.05) is 12.5 Å². The Bertz CT molecular complexity index is 599. The summed E-state index contributed by atoms with van der Waals surface area (Å²) >= 11 is 0. The van der Waals surface area contributed by atoms with Gasteiger partial charge in [0.25, 0.3) is 0 Å². The van der Waals surface area contributed by atoms with Gasteiger partial charge in [-0.15, -0.1) is 0 Å². The first kappa shape index (κ1) is 28.9. The van der Waals surface area contributed by atoms with Crippen molar-refractivity contribution in [2.45, 2.75) is 109 Å². The van der Waals surface area contributed by atoms with Crippen LogP contribution < -0.4 is 0 Å². The largest absolute Gasteiger partial charge is 0.212 e. The van der Waals surface area contributed by atoms with E-state index in [0.717, 1.165) is 51.4 Å². The summed E-state index contributed by atoms with van der Waals surface area (Å²) in [6.45, 7) is 0. The van der Waals surface area contributed by atoms with Gasteiger partial charge in [0.2, 0.25) is 20.0 Å². The van der Waals surface area contributed by atoms with Crippen LogP contribution >= 0.6 is 0 Å². The molecule has 0 N–H and O–H groups in total. The smallest absolute Gasteiger partial charge is 0.211 e. The Morgan fingerprint density at radius 2 is 0.690 bits per heavy atom. The molecule has 6 nitrogen and oxygen atoms in total. The summed E-state index contributed by atoms with van der Waals surface area (Å²) in [6, 6.07) is 1.29. The van der Waals surface area contributed by atoms with E-state index in [1.165, 1.54) is 38.2 Å². The third-order valence-corrected chi connectivity index (χ3v) is 9.23. The first-order chi connectivity index (χ1) is 12.2. The molecule has 0 aromatic rings. The Labute approximate surface area is 183 Å². The third-order valence-electron chi connectivity index (χ3n) is 6.50. The minimum Gasteiger partial charge on any atom is -0.212 e. The van der Waals surface area contributed by atoms with Gasteiger partial charge in [0.05, 0.1) is 12.5 Å². The van der Waals surface area contributed by atoms with Crippen molar-refractivity contribution in [1.82, 2.24) is 8.61 Å². The summed E-state index contributed by atoms with van der Waals surface area (Å²) in [5.74, 6) is 0. The van der Waals surface area contributed by atoms with Crippen molar-refractivity contribution in [1.29, 1.82) is 0 Å². The second-order valence-corrected chi connectivity index (χ2v) is 12.3. The highest BCUT2D eigenvalue weighted by molar-refractivity contribution is 7.88. The van der Waals surface area contributed by atoms with Crippen LogP contribution in [0.15, 0.2) is 0 Å². The zero-order valence-electron chi connectivity index (χ0n) is 17.3. The van der Waals surface area contributed by atoms with Crippen LogP contribution in [0, 0.1) is 0 Å². The van der Waals surface area contributed by atoms with Gasteiger partial charge in [0.15, 0.2) is 0 Å². The number of piperidine rings is 4. The standard InChI is InChI=1S/2C9H17NO2S.CH4.2B/c2*1-13(11,12)10-8-4-2-5-9(10)7-3-6-8;;;/h2*8-9H,2-7H2,1H3;1H4;;. The van der Waals surface area contributed by atoms with Crippen LogP contribution in [0.3, 0.4) is 0 Å². The second kappa shape index (κ2) is 11.5. The second-order valence-electron chi connectivity index (χ2n) is 8.52. The number of sulfonamides is 2. The number of rotatable bonds is 2. The molecule has 6 radical (unpaired) electrons. The molecule has 4 aliphatic heterocycles. The van der Waals surface area contributed by atoms with Gasteiger partial charge in [0.1, 0.15) is 0 Å². The molecule has 29 heavy (non-hydrogen) atoms. The zero-order valence-corrected chi connectivity index (χ0v) is 18.9. The quantitative estimate of drug-likeness (QED) is 0.614. The average molecular weight is 444 g/mol. The minimum atomic E-state index is -2.95. The zero-order chi connectivity index (χ0) is 18.9. The summed E-state index contributed by atoms with van der Waals surface area (Å²) in [6.07, 6.45) is 16.1. The molecular weight excluding hydrogens is 406 g/mol. The van der Waals surface area contributed by atoms with Crippen molar-refractivity contribution in [2.24, 2.45) is 0 Å². The van der Waals surface area contributed by atoms with E-state index in [4.69, 9.17) is 0 Å². The molecular formula is C19H38B2N2O4S2. The molecule has 0 aromatic heterocycles. The molecule has 0 amide bonds. The number of hydrogen-bond donors (Lipinski definition) is 0. The van der Waals surface area contributed by atoms with Gasteiger partial charge < -0.3 is 0 Å². The Balaban J connectivity index is 0.000000490. The Hall–Kier alpha value is -0.0501. The monoisotopic (exact) mass is 444 g/mol. The van der Waals surface area contributed by atoms with Crippen LogP contribution in [0.4, 0.5) is 0 Å². The molecule has 0 aliphatic carbocycles. The highest BCUT2D eigenvalue weighted by Crippen LogP contribution is 2.36. The molecule has 0 spiro atoms. The van der Waals surface area contributed by atoms with Gasteiger partial charge in [-0.05, 0) is 51.4 Å². The maximum atomic E-state index is 11.5. The summed E-state index contributed by atoms with van der Waals surface area (Å²) in [5, 5.41) is 0. The van der Waals surface area contributed by atoms with Crippen molar-refractivity contribution in [3.05, 3.63) is 0 Å². The van der Waals surface area contributed by atoms with Crippen LogP contribution in [0.1, 0.15) is 84.5 Å². The molecule has 10 heteroatoms. The van der Waals surface area contributed by atoms with E-state index in [1.807, 2.05) is 0 Å². The number of fused-ring (bicyclic) bond motifs is 4. The summed E-state index contributed by atoms with van der Waals surface area (Å²) in [4.78, 5) is 0. The van der Waals surface area contributed by atoms with Crippen molar-refractivity contribution >= 4 is 36.9 Å². The van der Waals surface area contributed by atoms with Gasteiger partial charge in [-0.2, -0.15) is 8.61 Å². The van der Waals surface area contributed by atoms with E-state index in [0.29, 0.717) is 24.2 Å².